The van der Waals surface area contributed by atoms with Crippen molar-refractivity contribution in [2.45, 2.75) is 97.3 Å². The Morgan fingerprint density at radius 2 is 1.37 bits per heavy atom. The lowest BCUT2D eigenvalue weighted by Gasteiger charge is -2.11. The summed E-state index contributed by atoms with van der Waals surface area (Å²) >= 11 is 0. The molecule has 1 N–H and O–H groups in total. The lowest BCUT2D eigenvalue weighted by Crippen LogP contribution is -2.26. The largest absolute Gasteiger partial charge is 0.449 e. The quantitative estimate of drug-likeness (QED) is 0.155. The Kier molecular flexibility index (Phi) is 15.1. The molecule has 1 atom stereocenters. The van der Waals surface area contributed by atoms with Crippen molar-refractivity contribution >= 4 is 22.2 Å². The molecule has 27 heavy (non-hydrogen) atoms. The normalized spacial score (nSPS) is 13.0. The molecule has 0 aliphatic heterocycles. The van der Waals surface area contributed by atoms with Crippen LogP contribution in [0.3, 0.4) is 0 Å². The minimum atomic E-state index is -4.87. The number of carbonyl (C=O) groups excluding carboxylic acids is 2. The van der Waals surface area contributed by atoms with Crippen LogP contribution in [0, 0.1) is 5.92 Å². The van der Waals surface area contributed by atoms with E-state index in [9.17, 15) is 18.0 Å². The molecule has 0 fully saturated rings. The van der Waals surface area contributed by atoms with E-state index >= 15 is 0 Å². The van der Waals surface area contributed by atoms with Gasteiger partial charge in [-0.3, -0.25) is 14.1 Å². The molecule has 0 aromatic carbocycles. The molecule has 7 heteroatoms. The summed E-state index contributed by atoms with van der Waals surface area (Å²) in [5.41, 5.74) is 0. The third-order valence-corrected chi connectivity index (χ3v) is 4.84. The highest BCUT2D eigenvalue weighted by Crippen LogP contribution is 2.15. The van der Waals surface area contributed by atoms with Gasteiger partial charge in [-0.05, 0) is 39.0 Å². The van der Waals surface area contributed by atoms with Crippen molar-refractivity contribution in [1.82, 2.24) is 0 Å². The highest BCUT2D eigenvalue weighted by molar-refractivity contribution is 7.81. The van der Waals surface area contributed by atoms with E-state index in [-0.39, 0.29) is 6.42 Å². The average Bonchev–Trinajstić information content (AvgIpc) is 2.56. The lowest BCUT2D eigenvalue weighted by atomic mass is 9.97. The zero-order valence-electron chi connectivity index (χ0n) is 16.8. The van der Waals surface area contributed by atoms with E-state index in [1.165, 1.54) is 45.4 Å². The fourth-order valence-corrected chi connectivity index (χ4v) is 3.22. The van der Waals surface area contributed by atoms with Crippen molar-refractivity contribution in [2.24, 2.45) is 5.92 Å². The molecule has 0 rings (SSSR count). The molecule has 0 spiro atoms. The average molecular weight is 405 g/mol. The van der Waals surface area contributed by atoms with Gasteiger partial charge < -0.3 is 4.18 Å². The van der Waals surface area contributed by atoms with E-state index in [1.807, 2.05) is 0 Å². The minimum Gasteiger partial charge on any atom is -0.324 e. The smallest absolute Gasteiger partial charge is 0.324 e. The van der Waals surface area contributed by atoms with Gasteiger partial charge in [0.15, 0.2) is 0 Å². The van der Waals surface area contributed by atoms with Gasteiger partial charge in [-0.15, -0.1) is 0 Å². The standard InChI is InChI=1S/C20H36O6S/c1-3-4-5-6-7-8-9-10-11-12-13-14-15-16-17-19(18(2)21)20(22)26-27(23,24)25/h10-11,19H,3-9,12-17H2,1-2H3,(H,23,24,25). The van der Waals surface area contributed by atoms with Crippen molar-refractivity contribution in [2.75, 3.05) is 0 Å². The van der Waals surface area contributed by atoms with Gasteiger partial charge in [0.2, 0.25) is 0 Å². The van der Waals surface area contributed by atoms with Crippen molar-refractivity contribution < 1.29 is 26.7 Å². The second-order valence-electron chi connectivity index (χ2n) is 7.01. The van der Waals surface area contributed by atoms with Gasteiger partial charge >= 0.3 is 16.4 Å². The molecule has 1 unspecified atom stereocenters. The van der Waals surface area contributed by atoms with Gasteiger partial charge in [-0.25, -0.2) is 0 Å². The Bertz CT molecular complexity index is 539. The molecule has 0 saturated carbocycles. The molecule has 0 heterocycles. The van der Waals surface area contributed by atoms with E-state index < -0.39 is 28.1 Å². The van der Waals surface area contributed by atoms with E-state index in [0.29, 0.717) is 6.42 Å². The number of rotatable bonds is 17. The predicted molar refractivity (Wildman–Crippen MR) is 107 cm³/mol. The van der Waals surface area contributed by atoms with E-state index in [1.54, 1.807) is 0 Å². The third-order valence-electron chi connectivity index (χ3n) is 4.47. The van der Waals surface area contributed by atoms with E-state index in [2.05, 4.69) is 23.3 Å². The number of hydrogen-bond donors (Lipinski definition) is 1. The van der Waals surface area contributed by atoms with Crippen LogP contribution >= 0.6 is 0 Å². The zero-order valence-corrected chi connectivity index (χ0v) is 17.6. The van der Waals surface area contributed by atoms with Crippen molar-refractivity contribution in [3.63, 3.8) is 0 Å². The van der Waals surface area contributed by atoms with Crippen molar-refractivity contribution in [3.8, 4) is 0 Å². The molecular weight excluding hydrogens is 368 g/mol. The molecule has 158 valence electrons. The van der Waals surface area contributed by atoms with Crippen LogP contribution in [0.2, 0.25) is 0 Å². The van der Waals surface area contributed by atoms with Crippen LogP contribution in [0.1, 0.15) is 97.3 Å². The van der Waals surface area contributed by atoms with Gasteiger partial charge in [0.05, 0.1) is 0 Å². The Morgan fingerprint density at radius 3 is 1.85 bits per heavy atom. The van der Waals surface area contributed by atoms with Crippen LogP contribution < -0.4 is 0 Å². The maximum Gasteiger partial charge on any atom is 0.449 e. The number of allylic oxidation sites excluding steroid dienone is 2. The highest BCUT2D eigenvalue weighted by Gasteiger charge is 2.28. The maximum atomic E-state index is 11.6. The molecule has 0 bridgehead atoms. The van der Waals surface area contributed by atoms with Crippen LogP contribution in [-0.2, 0) is 24.2 Å². The Balaban J connectivity index is 3.72. The van der Waals surface area contributed by atoms with Gasteiger partial charge in [-0.2, -0.15) is 8.42 Å². The monoisotopic (exact) mass is 404 g/mol. The number of unbranched alkanes of at least 4 members (excludes halogenated alkanes) is 10. The number of hydrogen-bond acceptors (Lipinski definition) is 5. The summed E-state index contributed by atoms with van der Waals surface area (Å²) in [5, 5.41) is 0. The van der Waals surface area contributed by atoms with E-state index in [0.717, 1.165) is 32.1 Å². The van der Waals surface area contributed by atoms with Crippen molar-refractivity contribution in [1.29, 1.82) is 0 Å². The molecule has 0 aromatic rings. The molecule has 0 aliphatic carbocycles. The Morgan fingerprint density at radius 1 is 0.889 bits per heavy atom. The second kappa shape index (κ2) is 15.8. The summed E-state index contributed by atoms with van der Waals surface area (Å²) < 4.78 is 33.5. The molecular formula is C20H36O6S. The number of carbonyl (C=O) groups is 2. The first kappa shape index (κ1) is 25.8. The van der Waals surface area contributed by atoms with Gasteiger partial charge in [0.1, 0.15) is 11.7 Å². The van der Waals surface area contributed by atoms with Crippen LogP contribution in [0.5, 0.6) is 0 Å². The van der Waals surface area contributed by atoms with Crippen LogP contribution in [0.4, 0.5) is 0 Å². The summed E-state index contributed by atoms with van der Waals surface area (Å²) in [5.74, 6) is -2.80. The molecule has 6 nitrogen and oxygen atoms in total. The maximum absolute atomic E-state index is 11.6. The summed E-state index contributed by atoms with van der Waals surface area (Å²) in [6.45, 7) is 3.44. The first-order valence-corrected chi connectivity index (χ1v) is 11.5. The molecule has 0 saturated heterocycles. The summed E-state index contributed by atoms with van der Waals surface area (Å²) in [4.78, 5) is 23.0. The zero-order chi connectivity index (χ0) is 20.5. The van der Waals surface area contributed by atoms with Gasteiger partial charge in [0, 0.05) is 0 Å². The second-order valence-corrected chi connectivity index (χ2v) is 8.03. The molecule has 0 aromatic heterocycles. The summed E-state index contributed by atoms with van der Waals surface area (Å²) in [7, 11) is -4.87. The molecule has 0 amide bonds. The fraction of sp³-hybridized carbons (Fsp3) is 0.800. The Labute approximate surface area is 164 Å². The molecule has 0 radical (unpaired) electrons. The number of ketones is 1. The van der Waals surface area contributed by atoms with Crippen LogP contribution in [0.15, 0.2) is 12.2 Å². The third kappa shape index (κ3) is 16.7. The predicted octanol–water partition coefficient (Wildman–Crippen LogP) is 5.19. The van der Waals surface area contributed by atoms with E-state index in [4.69, 9.17) is 4.55 Å². The fourth-order valence-electron chi connectivity index (χ4n) is 2.89. The highest BCUT2D eigenvalue weighted by atomic mass is 32.3. The van der Waals surface area contributed by atoms with Crippen molar-refractivity contribution in [3.05, 3.63) is 12.2 Å². The summed E-state index contributed by atoms with van der Waals surface area (Å²) in [6.07, 6.45) is 18.2. The Hall–Kier alpha value is -1.21. The van der Waals surface area contributed by atoms with Gasteiger partial charge in [-0.1, -0.05) is 70.4 Å². The first-order valence-electron chi connectivity index (χ1n) is 10.1. The first-order chi connectivity index (χ1) is 12.8. The number of Topliss-reactive ketones (excluding diaryl/α,β-unsaturated/α-hetero) is 1. The summed E-state index contributed by atoms with van der Waals surface area (Å²) in [6, 6.07) is 0. The minimum absolute atomic E-state index is 0.234. The topological polar surface area (TPSA) is 97.7 Å². The SMILES string of the molecule is CCCCCCCCC=CCCCCCCC(C(C)=O)C(=O)OS(=O)(=O)O. The lowest BCUT2D eigenvalue weighted by molar-refractivity contribution is -0.143. The van der Waals surface area contributed by atoms with Crippen LogP contribution in [0.25, 0.3) is 0 Å². The van der Waals surface area contributed by atoms with Gasteiger partial charge in [0.25, 0.3) is 0 Å². The van der Waals surface area contributed by atoms with Crippen LogP contribution in [-0.4, -0.2) is 24.7 Å². The molecule has 0 aliphatic rings.